The summed E-state index contributed by atoms with van der Waals surface area (Å²) in [6.45, 7) is 9.41. The monoisotopic (exact) mass is 558 g/mol. The van der Waals surface area contributed by atoms with E-state index >= 15 is 0 Å². The number of hydrogen-bond acceptors (Lipinski definition) is 6. The molecule has 0 spiro atoms. The van der Waals surface area contributed by atoms with Crippen molar-refractivity contribution >= 4 is 5.97 Å². The summed E-state index contributed by atoms with van der Waals surface area (Å²) in [5.41, 5.74) is 0. The number of hydrogen-bond donors (Lipinski definition) is 0. The Hall–Kier alpha value is -0.690. The van der Waals surface area contributed by atoms with Crippen molar-refractivity contribution in [1.82, 2.24) is 0 Å². The van der Waals surface area contributed by atoms with Crippen LogP contribution >= 0.6 is 0 Å². The minimum absolute atomic E-state index is 0.128. The van der Waals surface area contributed by atoms with Crippen LogP contribution in [-0.2, 0) is 28.5 Å². The molecule has 0 aromatic rings. The van der Waals surface area contributed by atoms with Crippen molar-refractivity contribution in [3.8, 4) is 0 Å². The van der Waals surface area contributed by atoms with E-state index in [1.807, 2.05) is 0 Å². The molecule has 6 heteroatoms. The number of unbranched alkanes of at least 4 members (excludes halogenated alkanes) is 18. The highest BCUT2D eigenvalue weighted by Crippen LogP contribution is 2.13. The molecule has 0 N–H and O–H groups in total. The Labute approximate surface area is 242 Å². The van der Waals surface area contributed by atoms with Gasteiger partial charge in [0.15, 0.2) is 0 Å². The van der Waals surface area contributed by atoms with E-state index in [9.17, 15) is 4.79 Å². The van der Waals surface area contributed by atoms with Crippen molar-refractivity contribution in [2.75, 3.05) is 59.5 Å². The second-order valence-electron chi connectivity index (χ2n) is 10.8. The molecule has 0 unspecified atom stereocenters. The first-order valence-corrected chi connectivity index (χ1v) is 16.8. The smallest absolute Gasteiger partial charge is 0.305 e. The summed E-state index contributed by atoms with van der Waals surface area (Å²) in [7, 11) is 0. The first kappa shape index (κ1) is 38.3. The van der Waals surface area contributed by atoms with Gasteiger partial charge in [0.1, 0.15) is 6.61 Å². The molecule has 0 saturated carbocycles. The SMILES string of the molecule is CCCCCCCCCCCCCCCCCCOCCOCCOCCOCCOC(=O)CCCCCC. The lowest BCUT2D eigenvalue weighted by Crippen LogP contribution is -2.14. The van der Waals surface area contributed by atoms with Gasteiger partial charge in [-0.05, 0) is 12.8 Å². The van der Waals surface area contributed by atoms with Gasteiger partial charge < -0.3 is 23.7 Å². The molecule has 0 aromatic carbocycles. The molecule has 0 saturated heterocycles. The Morgan fingerprint density at radius 1 is 0.359 bits per heavy atom. The van der Waals surface area contributed by atoms with E-state index in [1.54, 1.807) is 0 Å². The summed E-state index contributed by atoms with van der Waals surface area (Å²) in [4.78, 5) is 11.5. The van der Waals surface area contributed by atoms with Gasteiger partial charge in [-0.15, -0.1) is 0 Å². The predicted octanol–water partition coefficient (Wildman–Crippen LogP) is 8.83. The van der Waals surface area contributed by atoms with Crippen LogP contribution in [0.15, 0.2) is 0 Å². The van der Waals surface area contributed by atoms with Gasteiger partial charge in [-0.3, -0.25) is 4.79 Å². The van der Waals surface area contributed by atoms with Gasteiger partial charge in [0.2, 0.25) is 0 Å². The van der Waals surface area contributed by atoms with E-state index in [1.165, 1.54) is 109 Å². The van der Waals surface area contributed by atoms with Crippen molar-refractivity contribution in [3.63, 3.8) is 0 Å². The van der Waals surface area contributed by atoms with E-state index in [4.69, 9.17) is 23.7 Å². The Bertz CT molecular complexity index is 459. The molecule has 0 rings (SSSR count). The molecule has 0 heterocycles. The lowest BCUT2D eigenvalue weighted by Gasteiger charge is -2.08. The molecule has 39 heavy (non-hydrogen) atoms. The van der Waals surface area contributed by atoms with E-state index in [0.717, 1.165) is 25.9 Å². The molecule has 0 atom stereocenters. The highest BCUT2D eigenvalue weighted by atomic mass is 16.6. The normalized spacial score (nSPS) is 11.3. The van der Waals surface area contributed by atoms with Crippen LogP contribution in [0.1, 0.15) is 149 Å². The minimum atomic E-state index is -0.128. The van der Waals surface area contributed by atoms with Crippen molar-refractivity contribution in [2.45, 2.75) is 149 Å². The van der Waals surface area contributed by atoms with E-state index in [-0.39, 0.29) is 5.97 Å². The van der Waals surface area contributed by atoms with Crippen LogP contribution in [0.5, 0.6) is 0 Å². The molecule has 0 bridgehead atoms. The van der Waals surface area contributed by atoms with Crippen molar-refractivity contribution < 1.29 is 28.5 Å². The van der Waals surface area contributed by atoms with Gasteiger partial charge in [0.05, 0.1) is 46.2 Å². The molecular weight excluding hydrogens is 492 g/mol. The Kier molecular flexibility index (Phi) is 34.7. The van der Waals surface area contributed by atoms with E-state index in [2.05, 4.69) is 13.8 Å². The maximum Gasteiger partial charge on any atom is 0.305 e. The van der Waals surface area contributed by atoms with Crippen molar-refractivity contribution in [2.24, 2.45) is 0 Å². The van der Waals surface area contributed by atoms with Crippen molar-refractivity contribution in [1.29, 1.82) is 0 Å². The second-order valence-corrected chi connectivity index (χ2v) is 10.8. The molecule has 234 valence electrons. The van der Waals surface area contributed by atoms with Crippen LogP contribution in [0.4, 0.5) is 0 Å². The van der Waals surface area contributed by atoms with E-state index < -0.39 is 0 Å². The molecule has 0 aliphatic carbocycles. The van der Waals surface area contributed by atoms with Gasteiger partial charge in [0.25, 0.3) is 0 Å². The number of carbonyl (C=O) groups is 1. The number of carbonyl (C=O) groups excluding carboxylic acids is 1. The first-order valence-electron chi connectivity index (χ1n) is 16.8. The first-order chi connectivity index (χ1) is 19.3. The zero-order valence-corrected chi connectivity index (χ0v) is 26.2. The number of esters is 1. The number of ether oxygens (including phenoxy) is 5. The Morgan fingerprint density at radius 3 is 1.08 bits per heavy atom. The third kappa shape index (κ3) is 35.3. The standard InChI is InChI=1S/C33H66O6/c1-3-5-7-9-10-11-12-13-14-15-16-17-18-19-20-22-24-35-25-26-36-27-28-37-29-30-38-31-32-39-33(34)23-21-8-6-4-2/h3-32H2,1-2H3. The van der Waals surface area contributed by atoms with Gasteiger partial charge >= 0.3 is 5.97 Å². The summed E-state index contributed by atoms with van der Waals surface area (Å²) < 4.78 is 27.2. The fraction of sp³-hybridized carbons (Fsp3) is 0.970. The molecule has 0 fully saturated rings. The second kappa shape index (κ2) is 35.3. The zero-order chi connectivity index (χ0) is 28.3. The summed E-state index contributed by atoms with van der Waals surface area (Å²) in [6.07, 6.45) is 27.1. The molecular formula is C33H66O6. The average Bonchev–Trinajstić information content (AvgIpc) is 2.94. The highest BCUT2D eigenvalue weighted by molar-refractivity contribution is 5.69. The third-order valence-electron chi connectivity index (χ3n) is 6.98. The molecule has 0 aromatic heterocycles. The summed E-state index contributed by atoms with van der Waals surface area (Å²) in [5.74, 6) is -0.128. The fourth-order valence-corrected chi connectivity index (χ4v) is 4.50. The molecule has 0 amide bonds. The maximum atomic E-state index is 11.5. The number of rotatable bonds is 34. The van der Waals surface area contributed by atoms with Crippen LogP contribution in [0.25, 0.3) is 0 Å². The summed E-state index contributed by atoms with van der Waals surface area (Å²) in [5, 5.41) is 0. The van der Waals surface area contributed by atoms with E-state index in [0.29, 0.717) is 59.3 Å². The maximum absolute atomic E-state index is 11.5. The van der Waals surface area contributed by atoms with Crippen LogP contribution in [0.2, 0.25) is 0 Å². The van der Waals surface area contributed by atoms with Gasteiger partial charge in [0, 0.05) is 13.0 Å². The minimum Gasteiger partial charge on any atom is -0.463 e. The van der Waals surface area contributed by atoms with Crippen LogP contribution < -0.4 is 0 Å². The van der Waals surface area contributed by atoms with Crippen molar-refractivity contribution in [3.05, 3.63) is 0 Å². The fourth-order valence-electron chi connectivity index (χ4n) is 4.50. The quantitative estimate of drug-likeness (QED) is 0.0581. The molecule has 0 aliphatic heterocycles. The molecule has 6 nitrogen and oxygen atoms in total. The third-order valence-corrected chi connectivity index (χ3v) is 6.98. The Morgan fingerprint density at radius 2 is 0.667 bits per heavy atom. The van der Waals surface area contributed by atoms with Crippen LogP contribution in [-0.4, -0.2) is 65.4 Å². The Balaban J connectivity index is 3.07. The topological polar surface area (TPSA) is 63.2 Å². The summed E-state index contributed by atoms with van der Waals surface area (Å²) in [6, 6.07) is 0. The summed E-state index contributed by atoms with van der Waals surface area (Å²) >= 11 is 0. The van der Waals surface area contributed by atoms with Gasteiger partial charge in [-0.25, -0.2) is 0 Å². The lowest BCUT2D eigenvalue weighted by molar-refractivity contribution is -0.145. The van der Waals surface area contributed by atoms with Gasteiger partial charge in [-0.1, -0.05) is 129 Å². The lowest BCUT2D eigenvalue weighted by atomic mass is 10.0. The molecule has 0 aliphatic rings. The van der Waals surface area contributed by atoms with Gasteiger partial charge in [-0.2, -0.15) is 0 Å². The highest BCUT2D eigenvalue weighted by Gasteiger charge is 2.02. The molecule has 0 radical (unpaired) electrons. The average molecular weight is 559 g/mol. The van der Waals surface area contributed by atoms with Crippen LogP contribution in [0.3, 0.4) is 0 Å². The largest absolute Gasteiger partial charge is 0.463 e. The zero-order valence-electron chi connectivity index (χ0n) is 26.2. The predicted molar refractivity (Wildman–Crippen MR) is 163 cm³/mol. The van der Waals surface area contributed by atoms with Crippen LogP contribution in [0, 0.1) is 0 Å².